The molecular weight excluding hydrogens is 508 g/mol. The average Bonchev–Trinajstić information content (AvgIpc) is 2.89. The van der Waals surface area contributed by atoms with E-state index in [1.807, 2.05) is 55.5 Å². The van der Waals surface area contributed by atoms with Crippen molar-refractivity contribution >= 4 is 44.6 Å². The van der Waals surface area contributed by atoms with Crippen molar-refractivity contribution in [2.24, 2.45) is 5.92 Å². The predicted molar refractivity (Wildman–Crippen MR) is 141 cm³/mol. The first-order chi connectivity index (χ1) is 17.0. The van der Waals surface area contributed by atoms with Gasteiger partial charge in [0.1, 0.15) is 5.82 Å². The van der Waals surface area contributed by atoms with Gasteiger partial charge >= 0.3 is 5.97 Å². The summed E-state index contributed by atoms with van der Waals surface area (Å²) in [4.78, 5) is 26.7. The van der Waals surface area contributed by atoms with Crippen LogP contribution in [0.25, 0.3) is 10.9 Å². The summed E-state index contributed by atoms with van der Waals surface area (Å²) in [6.45, 7) is 5.02. The summed E-state index contributed by atoms with van der Waals surface area (Å²) in [6, 6.07) is 16.0. The van der Waals surface area contributed by atoms with Crippen LogP contribution in [0.2, 0.25) is 0 Å². The maximum Gasteiger partial charge on any atom is 0.310 e. The molecule has 0 spiro atoms. The number of anilines is 2. The fourth-order valence-electron chi connectivity index (χ4n) is 5.18. The second-order valence-electron chi connectivity index (χ2n) is 9.43. The number of piperidine rings is 2. The lowest BCUT2D eigenvalue weighted by Crippen LogP contribution is -2.44. The summed E-state index contributed by atoms with van der Waals surface area (Å²) < 4.78 is 6.30. The van der Waals surface area contributed by atoms with E-state index < -0.39 is 5.60 Å². The maximum atomic E-state index is 12.4. The minimum absolute atomic E-state index is 0.126. The number of esters is 1. The van der Waals surface area contributed by atoms with Gasteiger partial charge in [0.25, 0.3) is 0 Å². The third kappa shape index (κ3) is 5.00. The van der Waals surface area contributed by atoms with Crippen LogP contribution < -0.4 is 9.80 Å². The Morgan fingerprint density at radius 3 is 2.57 bits per heavy atom. The number of para-hydroxylation sites is 1. The van der Waals surface area contributed by atoms with Crippen molar-refractivity contribution in [2.45, 2.75) is 38.2 Å². The molecule has 2 aliphatic rings. The van der Waals surface area contributed by atoms with Crippen LogP contribution in [0, 0.1) is 5.92 Å². The first-order valence-electron chi connectivity index (χ1n) is 12.4. The molecule has 1 aromatic heterocycles. The summed E-state index contributed by atoms with van der Waals surface area (Å²) in [5.41, 5.74) is 0.981. The van der Waals surface area contributed by atoms with Crippen LogP contribution in [0.4, 0.5) is 11.8 Å². The highest BCUT2D eigenvalue weighted by atomic mass is 79.9. The molecule has 8 heteroatoms. The van der Waals surface area contributed by atoms with Gasteiger partial charge in [-0.05, 0) is 62.4 Å². The molecule has 1 N–H and O–H groups in total. The van der Waals surface area contributed by atoms with Crippen molar-refractivity contribution < 1.29 is 14.6 Å². The smallest absolute Gasteiger partial charge is 0.310 e. The van der Waals surface area contributed by atoms with Crippen molar-refractivity contribution in [1.82, 2.24) is 9.97 Å². The quantitative estimate of drug-likeness (QED) is 0.473. The number of hydrogen-bond acceptors (Lipinski definition) is 7. The molecule has 3 heterocycles. The van der Waals surface area contributed by atoms with Crippen molar-refractivity contribution in [3.05, 3.63) is 58.6 Å². The van der Waals surface area contributed by atoms with Crippen LogP contribution >= 0.6 is 15.9 Å². The van der Waals surface area contributed by atoms with E-state index in [2.05, 4.69) is 25.7 Å². The molecule has 2 aromatic carbocycles. The predicted octanol–water partition coefficient (Wildman–Crippen LogP) is 4.66. The average molecular weight is 539 g/mol. The molecular formula is C27H31BrN4O3. The number of aromatic nitrogens is 2. The lowest BCUT2D eigenvalue weighted by molar-refractivity contribution is -0.148. The largest absolute Gasteiger partial charge is 0.466 e. The number of nitrogens with zero attached hydrogens (tertiary/aromatic N) is 4. The Kier molecular flexibility index (Phi) is 6.93. The number of halogens is 1. The number of fused-ring (bicyclic) bond motifs is 1. The third-order valence-electron chi connectivity index (χ3n) is 7.17. The molecule has 35 heavy (non-hydrogen) atoms. The van der Waals surface area contributed by atoms with E-state index in [9.17, 15) is 9.90 Å². The van der Waals surface area contributed by atoms with Crippen molar-refractivity contribution in [2.75, 3.05) is 42.6 Å². The number of hydrogen-bond donors (Lipinski definition) is 1. The Hall–Kier alpha value is -2.71. The van der Waals surface area contributed by atoms with Crippen LogP contribution in [0.5, 0.6) is 0 Å². The number of benzene rings is 2. The van der Waals surface area contributed by atoms with Crippen molar-refractivity contribution in [1.29, 1.82) is 0 Å². The Labute approximate surface area is 214 Å². The van der Waals surface area contributed by atoms with Crippen molar-refractivity contribution in [3.63, 3.8) is 0 Å². The van der Waals surface area contributed by atoms with E-state index in [-0.39, 0.29) is 11.9 Å². The minimum atomic E-state index is -0.851. The Morgan fingerprint density at radius 1 is 1.09 bits per heavy atom. The first-order valence-corrected chi connectivity index (χ1v) is 13.2. The standard InChI is InChI=1S/C27H31BrN4O3/c1-2-35-25(33)19-6-5-15-32(18-19)24-22-7-3-4-8-23(22)29-26(30-24)31-16-13-27(34,14-17-31)20-9-11-21(28)12-10-20/h3-4,7-12,19,34H,2,5-6,13-18H2,1H3. The fraction of sp³-hybridized carbons (Fsp3) is 0.444. The Morgan fingerprint density at radius 2 is 1.83 bits per heavy atom. The molecule has 7 nitrogen and oxygen atoms in total. The molecule has 0 amide bonds. The van der Waals surface area contributed by atoms with Crippen molar-refractivity contribution in [3.8, 4) is 0 Å². The van der Waals surface area contributed by atoms with Gasteiger partial charge < -0.3 is 19.6 Å². The topological polar surface area (TPSA) is 78.8 Å². The summed E-state index contributed by atoms with van der Waals surface area (Å²) >= 11 is 3.47. The molecule has 1 atom stereocenters. The monoisotopic (exact) mass is 538 g/mol. The molecule has 2 aliphatic heterocycles. The summed E-state index contributed by atoms with van der Waals surface area (Å²) in [5.74, 6) is 1.28. The highest BCUT2D eigenvalue weighted by Gasteiger charge is 2.35. The van der Waals surface area contributed by atoms with Gasteiger partial charge in [-0.25, -0.2) is 4.98 Å². The van der Waals surface area contributed by atoms with Crippen LogP contribution in [-0.4, -0.2) is 53.8 Å². The van der Waals surface area contributed by atoms with E-state index in [0.29, 0.717) is 45.0 Å². The number of rotatable bonds is 5. The van der Waals surface area contributed by atoms with Gasteiger partial charge in [0, 0.05) is 36.0 Å². The normalized spacial score (nSPS) is 20.1. The second kappa shape index (κ2) is 10.1. The number of carbonyl (C=O) groups is 1. The lowest BCUT2D eigenvalue weighted by atomic mass is 9.84. The van der Waals surface area contributed by atoms with E-state index in [1.165, 1.54) is 0 Å². The van der Waals surface area contributed by atoms with E-state index >= 15 is 0 Å². The maximum absolute atomic E-state index is 12.4. The van der Waals surface area contributed by atoms with E-state index in [0.717, 1.165) is 46.1 Å². The molecule has 0 saturated carbocycles. The third-order valence-corrected chi connectivity index (χ3v) is 7.70. The van der Waals surface area contributed by atoms with Gasteiger partial charge in [0.15, 0.2) is 0 Å². The molecule has 2 fully saturated rings. The molecule has 3 aromatic rings. The summed E-state index contributed by atoms with van der Waals surface area (Å²) in [6.07, 6.45) is 2.97. The first kappa shape index (κ1) is 24.0. The molecule has 1 unspecified atom stereocenters. The number of aliphatic hydroxyl groups is 1. The van der Waals surface area contributed by atoms with Crippen LogP contribution in [0.15, 0.2) is 53.0 Å². The van der Waals surface area contributed by atoms with Crippen LogP contribution in [0.3, 0.4) is 0 Å². The van der Waals surface area contributed by atoms with E-state index in [1.54, 1.807) is 0 Å². The summed E-state index contributed by atoms with van der Waals surface area (Å²) in [5, 5.41) is 12.3. The van der Waals surface area contributed by atoms with Gasteiger partial charge in [0.05, 0.1) is 23.6 Å². The number of ether oxygens (including phenoxy) is 1. The molecule has 184 valence electrons. The zero-order valence-electron chi connectivity index (χ0n) is 20.0. The van der Waals surface area contributed by atoms with Gasteiger partial charge in [-0.1, -0.05) is 40.2 Å². The van der Waals surface area contributed by atoms with Gasteiger partial charge in [-0.15, -0.1) is 0 Å². The highest BCUT2D eigenvalue weighted by molar-refractivity contribution is 9.10. The van der Waals surface area contributed by atoms with Gasteiger partial charge in [-0.3, -0.25) is 4.79 Å². The van der Waals surface area contributed by atoms with E-state index in [4.69, 9.17) is 14.7 Å². The lowest BCUT2D eigenvalue weighted by Gasteiger charge is -2.39. The zero-order chi connectivity index (χ0) is 24.4. The van der Waals surface area contributed by atoms with Gasteiger partial charge in [-0.2, -0.15) is 4.98 Å². The zero-order valence-corrected chi connectivity index (χ0v) is 21.6. The minimum Gasteiger partial charge on any atom is -0.466 e. The summed E-state index contributed by atoms with van der Waals surface area (Å²) in [7, 11) is 0. The highest BCUT2D eigenvalue weighted by Crippen LogP contribution is 2.36. The molecule has 0 aliphatic carbocycles. The van der Waals surface area contributed by atoms with Gasteiger partial charge in [0.2, 0.25) is 5.95 Å². The SMILES string of the molecule is CCOC(=O)C1CCCN(c2nc(N3CCC(O)(c4ccc(Br)cc4)CC3)nc3ccccc23)C1. The van der Waals surface area contributed by atoms with Crippen LogP contribution in [0.1, 0.15) is 38.2 Å². The molecule has 0 bridgehead atoms. The number of carbonyl (C=O) groups excluding carboxylic acids is 1. The molecule has 2 saturated heterocycles. The second-order valence-corrected chi connectivity index (χ2v) is 10.3. The molecule has 5 rings (SSSR count). The Bertz CT molecular complexity index is 1190. The molecule has 0 radical (unpaired) electrons. The Balaban J connectivity index is 1.40. The van der Waals surface area contributed by atoms with Crippen LogP contribution in [-0.2, 0) is 15.1 Å². The fourth-order valence-corrected chi connectivity index (χ4v) is 5.44.